The van der Waals surface area contributed by atoms with Crippen LogP contribution in [0.3, 0.4) is 0 Å². The van der Waals surface area contributed by atoms with Crippen LogP contribution >= 0.6 is 11.6 Å². The van der Waals surface area contributed by atoms with Gasteiger partial charge >= 0.3 is 0 Å². The van der Waals surface area contributed by atoms with E-state index in [0.29, 0.717) is 28.5 Å². The minimum Gasteiger partial charge on any atom is -0.507 e. The van der Waals surface area contributed by atoms with Crippen LogP contribution in [0.5, 0.6) is 5.75 Å². The molecule has 0 aliphatic carbocycles. The van der Waals surface area contributed by atoms with Crippen molar-refractivity contribution in [1.29, 1.82) is 0 Å². The summed E-state index contributed by atoms with van der Waals surface area (Å²) in [6.07, 6.45) is 3.28. The van der Waals surface area contributed by atoms with Gasteiger partial charge in [0.2, 0.25) is 0 Å². The Morgan fingerprint density at radius 3 is 2.66 bits per heavy atom. The second-order valence-electron chi connectivity index (χ2n) is 7.30. The van der Waals surface area contributed by atoms with Crippen LogP contribution < -0.4 is 4.74 Å². The fraction of sp³-hybridized carbons (Fsp3) is 0.160. The second-order valence-corrected chi connectivity index (χ2v) is 7.74. The Morgan fingerprint density at radius 1 is 1.12 bits per heavy atom. The Hall–Kier alpha value is -3.64. The van der Waals surface area contributed by atoms with Gasteiger partial charge < -0.3 is 14.7 Å². The number of amides is 1. The smallest absolute Gasteiger partial charge is 0.295 e. The number of ketones is 1. The highest BCUT2D eigenvalue weighted by molar-refractivity contribution is 6.46. The average molecular weight is 449 g/mol. The number of nitrogens with zero attached hydrogens (tertiary/aromatic N) is 2. The zero-order valence-electron chi connectivity index (χ0n) is 17.4. The summed E-state index contributed by atoms with van der Waals surface area (Å²) in [7, 11) is 0. The monoisotopic (exact) mass is 448 g/mol. The van der Waals surface area contributed by atoms with E-state index in [9.17, 15) is 14.7 Å². The van der Waals surface area contributed by atoms with Crippen molar-refractivity contribution in [2.24, 2.45) is 0 Å². The van der Waals surface area contributed by atoms with Crippen LogP contribution in [0.2, 0.25) is 5.02 Å². The first-order chi connectivity index (χ1) is 15.5. The fourth-order valence-corrected chi connectivity index (χ4v) is 4.01. The molecule has 0 bridgehead atoms. The molecule has 0 spiro atoms. The molecule has 1 atom stereocenters. The summed E-state index contributed by atoms with van der Waals surface area (Å²) in [6.45, 7) is 2.48. The lowest BCUT2D eigenvalue weighted by molar-refractivity contribution is -0.140. The van der Waals surface area contributed by atoms with Crippen LogP contribution in [0.15, 0.2) is 78.6 Å². The van der Waals surface area contributed by atoms with E-state index in [1.54, 1.807) is 67.0 Å². The number of ether oxygens (including phenoxy) is 1. The maximum atomic E-state index is 13.1. The van der Waals surface area contributed by atoms with Gasteiger partial charge in [-0.2, -0.15) is 0 Å². The molecule has 162 valence electrons. The van der Waals surface area contributed by atoms with Gasteiger partial charge in [-0.3, -0.25) is 14.6 Å². The van der Waals surface area contributed by atoms with Gasteiger partial charge in [0.15, 0.2) is 0 Å². The highest BCUT2D eigenvalue weighted by atomic mass is 35.5. The van der Waals surface area contributed by atoms with Crippen molar-refractivity contribution < 1.29 is 19.4 Å². The van der Waals surface area contributed by atoms with Crippen molar-refractivity contribution in [3.8, 4) is 5.75 Å². The van der Waals surface area contributed by atoms with Crippen molar-refractivity contribution in [3.05, 3.63) is 100 Å². The first kappa shape index (κ1) is 21.6. The highest BCUT2D eigenvalue weighted by Gasteiger charge is 2.46. The van der Waals surface area contributed by atoms with Gasteiger partial charge in [-0.15, -0.1) is 0 Å². The number of pyridine rings is 1. The minimum atomic E-state index is -0.801. The second kappa shape index (κ2) is 9.24. The van der Waals surface area contributed by atoms with E-state index in [1.165, 1.54) is 4.90 Å². The molecule has 1 aromatic heterocycles. The lowest BCUT2D eigenvalue weighted by Crippen LogP contribution is -2.29. The maximum Gasteiger partial charge on any atom is 0.295 e. The first-order valence-electron chi connectivity index (χ1n) is 10.2. The Bertz CT molecular complexity index is 1190. The molecule has 1 saturated heterocycles. The fourth-order valence-electron chi connectivity index (χ4n) is 3.81. The highest BCUT2D eigenvalue weighted by Crippen LogP contribution is 2.41. The molecule has 2 heterocycles. The molecular weight excluding hydrogens is 428 g/mol. The van der Waals surface area contributed by atoms with Crippen molar-refractivity contribution in [3.63, 3.8) is 0 Å². The number of halogens is 1. The van der Waals surface area contributed by atoms with Crippen LogP contribution in [-0.2, 0) is 16.1 Å². The standard InChI is InChI=1S/C25H21ClN2O4/c1-2-32-20-10-4-8-18(13-20)23(29)21-22(17-7-3-9-19(26)12-17)28(25(31)24(21)30)15-16-6-5-11-27-14-16/h3-14,22,29H,2,15H2,1H3. The van der Waals surface area contributed by atoms with Crippen LogP contribution in [-0.4, -0.2) is 33.3 Å². The molecule has 1 aliphatic rings. The van der Waals surface area contributed by atoms with Crippen molar-refractivity contribution in [2.45, 2.75) is 19.5 Å². The quantitative estimate of drug-likeness (QED) is 0.334. The Balaban J connectivity index is 1.85. The summed E-state index contributed by atoms with van der Waals surface area (Å²) < 4.78 is 5.51. The predicted octanol–water partition coefficient (Wildman–Crippen LogP) is 4.76. The molecular formula is C25H21ClN2O4. The summed E-state index contributed by atoms with van der Waals surface area (Å²) in [5.74, 6) is -1.15. The largest absolute Gasteiger partial charge is 0.507 e. The van der Waals surface area contributed by atoms with Crippen LogP contribution in [0.4, 0.5) is 0 Å². The van der Waals surface area contributed by atoms with E-state index in [4.69, 9.17) is 16.3 Å². The third-order valence-electron chi connectivity index (χ3n) is 5.20. The third-order valence-corrected chi connectivity index (χ3v) is 5.43. The van der Waals surface area contributed by atoms with Crippen molar-refractivity contribution in [1.82, 2.24) is 9.88 Å². The van der Waals surface area contributed by atoms with Gasteiger partial charge in [-0.25, -0.2) is 0 Å². The summed E-state index contributed by atoms with van der Waals surface area (Å²) in [5.41, 5.74) is 1.79. The van der Waals surface area contributed by atoms with Gasteiger partial charge in [0.25, 0.3) is 11.7 Å². The number of Topliss-reactive ketones (excluding diaryl/α,β-unsaturated/α-hetero) is 1. The number of benzene rings is 2. The predicted molar refractivity (Wildman–Crippen MR) is 121 cm³/mol. The van der Waals surface area contributed by atoms with Crippen molar-refractivity contribution in [2.75, 3.05) is 6.61 Å². The topological polar surface area (TPSA) is 79.7 Å². The Kier molecular flexibility index (Phi) is 6.23. The summed E-state index contributed by atoms with van der Waals surface area (Å²) in [5, 5.41) is 11.6. The maximum absolute atomic E-state index is 13.1. The number of likely N-dealkylation sites (tertiary alicyclic amines) is 1. The summed E-state index contributed by atoms with van der Waals surface area (Å²) in [6, 6.07) is 16.5. The zero-order chi connectivity index (χ0) is 22.7. The van der Waals surface area contributed by atoms with Crippen molar-refractivity contribution >= 4 is 29.1 Å². The van der Waals surface area contributed by atoms with Gasteiger partial charge in [0, 0.05) is 29.5 Å². The lowest BCUT2D eigenvalue weighted by atomic mass is 9.95. The average Bonchev–Trinajstić information content (AvgIpc) is 3.05. The molecule has 1 amide bonds. The van der Waals surface area contributed by atoms with Gasteiger partial charge in [-0.05, 0) is 48.4 Å². The zero-order valence-corrected chi connectivity index (χ0v) is 18.1. The molecule has 1 fully saturated rings. The molecule has 1 N–H and O–H groups in total. The van der Waals surface area contributed by atoms with Gasteiger partial charge in [0.1, 0.15) is 11.5 Å². The lowest BCUT2D eigenvalue weighted by Gasteiger charge is -2.25. The van der Waals surface area contributed by atoms with E-state index in [-0.39, 0.29) is 17.9 Å². The van der Waals surface area contributed by atoms with Crippen LogP contribution in [0.25, 0.3) is 5.76 Å². The molecule has 1 unspecified atom stereocenters. The van der Waals surface area contributed by atoms with E-state index in [2.05, 4.69) is 4.98 Å². The van der Waals surface area contributed by atoms with Crippen LogP contribution in [0, 0.1) is 0 Å². The number of hydrogen-bond acceptors (Lipinski definition) is 5. The number of carbonyl (C=O) groups excluding carboxylic acids is 2. The number of rotatable bonds is 6. The Morgan fingerprint density at radius 2 is 1.94 bits per heavy atom. The minimum absolute atomic E-state index is 0.00908. The Labute approximate surface area is 190 Å². The number of aliphatic hydroxyl groups is 1. The molecule has 7 heteroatoms. The van der Waals surface area contributed by atoms with E-state index in [1.807, 2.05) is 13.0 Å². The molecule has 1 aliphatic heterocycles. The van der Waals surface area contributed by atoms with E-state index >= 15 is 0 Å². The number of aromatic nitrogens is 1. The first-order valence-corrected chi connectivity index (χ1v) is 10.5. The summed E-state index contributed by atoms with van der Waals surface area (Å²) >= 11 is 6.21. The number of aliphatic hydroxyl groups excluding tert-OH is 1. The van der Waals surface area contributed by atoms with Gasteiger partial charge in [0.05, 0.1) is 18.2 Å². The normalized spacial score (nSPS) is 17.6. The van der Waals surface area contributed by atoms with Gasteiger partial charge in [-0.1, -0.05) is 41.9 Å². The van der Waals surface area contributed by atoms with E-state index in [0.717, 1.165) is 5.56 Å². The summed E-state index contributed by atoms with van der Waals surface area (Å²) in [4.78, 5) is 31.7. The number of hydrogen-bond donors (Lipinski definition) is 1. The molecule has 2 aromatic carbocycles. The number of carbonyl (C=O) groups is 2. The molecule has 3 aromatic rings. The molecule has 4 rings (SSSR count). The third kappa shape index (κ3) is 4.22. The molecule has 0 saturated carbocycles. The molecule has 6 nitrogen and oxygen atoms in total. The molecule has 0 radical (unpaired) electrons. The molecule has 32 heavy (non-hydrogen) atoms. The SMILES string of the molecule is CCOc1cccc(C(O)=C2C(=O)C(=O)N(Cc3cccnc3)C2c2cccc(Cl)c2)c1. The van der Waals surface area contributed by atoms with E-state index < -0.39 is 17.7 Å². The van der Waals surface area contributed by atoms with Crippen LogP contribution in [0.1, 0.15) is 29.7 Å².